The van der Waals surface area contributed by atoms with Crippen LogP contribution in [0, 0.1) is 5.41 Å². The normalized spacial score (nSPS) is 27.9. The van der Waals surface area contributed by atoms with Gasteiger partial charge in [-0.3, -0.25) is 9.59 Å². The summed E-state index contributed by atoms with van der Waals surface area (Å²) in [5.41, 5.74) is 0.831. The molecule has 0 aliphatic carbocycles. The van der Waals surface area contributed by atoms with Crippen LogP contribution in [0.2, 0.25) is 0 Å². The molecule has 0 aromatic rings. The summed E-state index contributed by atoms with van der Waals surface area (Å²) in [4.78, 5) is 25.8. The Labute approximate surface area is 108 Å². The Balaban J connectivity index is 2.03. The molecule has 100 valence electrons. The van der Waals surface area contributed by atoms with Crippen molar-refractivity contribution in [1.29, 1.82) is 0 Å². The van der Waals surface area contributed by atoms with Gasteiger partial charge in [0.15, 0.2) is 0 Å². The molecule has 4 nitrogen and oxygen atoms in total. The first-order valence-electron chi connectivity index (χ1n) is 6.76. The monoisotopic (exact) mass is 250 g/mol. The quantitative estimate of drug-likeness (QED) is 0.716. The van der Waals surface area contributed by atoms with E-state index in [0.717, 1.165) is 44.3 Å². The molecule has 1 spiro atoms. The predicted octanol–water partition coefficient (Wildman–Crippen LogP) is 1.47. The first kappa shape index (κ1) is 13.1. The van der Waals surface area contributed by atoms with Crippen molar-refractivity contribution in [2.75, 3.05) is 19.6 Å². The lowest BCUT2D eigenvalue weighted by Crippen LogP contribution is -2.34. The first-order valence-corrected chi connectivity index (χ1v) is 6.76. The smallest absolute Gasteiger partial charge is 0.246 e. The zero-order valence-electron chi connectivity index (χ0n) is 11.3. The number of amides is 2. The van der Waals surface area contributed by atoms with Crippen LogP contribution < -0.4 is 5.32 Å². The Hall–Kier alpha value is -1.32. The second-order valence-corrected chi connectivity index (χ2v) is 5.69. The summed E-state index contributed by atoms with van der Waals surface area (Å²) in [7, 11) is 0. The molecule has 2 heterocycles. The highest BCUT2D eigenvalue weighted by Gasteiger charge is 2.43. The van der Waals surface area contributed by atoms with Crippen LogP contribution in [0.1, 0.15) is 39.5 Å². The molecule has 18 heavy (non-hydrogen) atoms. The van der Waals surface area contributed by atoms with Gasteiger partial charge in [-0.25, -0.2) is 0 Å². The van der Waals surface area contributed by atoms with Gasteiger partial charge in [0, 0.05) is 25.7 Å². The third kappa shape index (κ3) is 2.57. The summed E-state index contributed by atoms with van der Waals surface area (Å²) >= 11 is 0. The number of carbonyl (C=O) groups is 2. The zero-order valence-corrected chi connectivity index (χ0v) is 11.3. The summed E-state index contributed by atoms with van der Waals surface area (Å²) in [6.45, 7) is 6.14. The number of carbonyl (C=O) groups excluding carboxylic acids is 2. The van der Waals surface area contributed by atoms with E-state index in [0.29, 0.717) is 6.54 Å². The topological polar surface area (TPSA) is 49.4 Å². The largest absolute Gasteiger partial charge is 0.356 e. The number of nitrogens with one attached hydrogen (secondary N) is 1. The van der Waals surface area contributed by atoms with E-state index in [2.05, 4.69) is 5.32 Å². The van der Waals surface area contributed by atoms with E-state index in [1.807, 2.05) is 18.7 Å². The molecule has 0 aromatic heterocycles. The fraction of sp³-hybridized carbons (Fsp3) is 0.714. The first-order chi connectivity index (χ1) is 8.53. The Kier molecular flexibility index (Phi) is 3.73. The van der Waals surface area contributed by atoms with Crippen LogP contribution in [-0.2, 0) is 9.59 Å². The van der Waals surface area contributed by atoms with E-state index in [9.17, 15) is 9.59 Å². The van der Waals surface area contributed by atoms with Crippen molar-refractivity contribution in [2.45, 2.75) is 39.5 Å². The number of likely N-dealkylation sites (tertiary alicyclic amines) is 1. The lowest BCUT2D eigenvalue weighted by atomic mass is 9.79. The van der Waals surface area contributed by atoms with Crippen LogP contribution in [0.25, 0.3) is 0 Å². The lowest BCUT2D eigenvalue weighted by Gasteiger charge is -2.24. The van der Waals surface area contributed by atoms with Crippen LogP contribution in [0.4, 0.5) is 0 Å². The van der Waals surface area contributed by atoms with Crippen molar-refractivity contribution < 1.29 is 9.59 Å². The number of rotatable bonds is 1. The van der Waals surface area contributed by atoms with E-state index < -0.39 is 0 Å². The van der Waals surface area contributed by atoms with E-state index >= 15 is 0 Å². The molecular formula is C14H22N2O2. The van der Waals surface area contributed by atoms with Crippen LogP contribution >= 0.6 is 0 Å². The minimum Gasteiger partial charge on any atom is -0.356 e. The molecule has 2 saturated heterocycles. The average molecular weight is 250 g/mol. The second-order valence-electron chi connectivity index (χ2n) is 5.69. The second kappa shape index (κ2) is 5.12. The maximum absolute atomic E-state index is 12.0. The van der Waals surface area contributed by atoms with Gasteiger partial charge in [-0.15, -0.1) is 0 Å². The molecule has 1 atom stereocenters. The van der Waals surface area contributed by atoms with Gasteiger partial charge in [0.25, 0.3) is 0 Å². The van der Waals surface area contributed by atoms with E-state index in [1.165, 1.54) is 0 Å². The lowest BCUT2D eigenvalue weighted by molar-refractivity contribution is -0.129. The average Bonchev–Trinajstić information content (AvgIpc) is 2.53. The Morgan fingerprint density at radius 3 is 2.67 bits per heavy atom. The molecule has 1 unspecified atom stereocenters. The minimum atomic E-state index is -0.194. The minimum absolute atomic E-state index is 0.0884. The standard InChI is InChI=1S/C14H22N2O2/c1-11(2)10-12(17)16-8-3-4-14(6-9-16)5-7-15-13(14)18/h10H,3-9H2,1-2H3,(H,15,18). The Morgan fingerprint density at radius 1 is 1.28 bits per heavy atom. The molecule has 0 bridgehead atoms. The van der Waals surface area contributed by atoms with Gasteiger partial charge >= 0.3 is 0 Å². The van der Waals surface area contributed by atoms with E-state index in [4.69, 9.17) is 0 Å². The highest BCUT2D eigenvalue weighted by molar-refractivity contribution is 5.88. The SMILES string of the molecule is CC(C)=CC(=O)N1CCCC2(CCNC2=O)CC1. The van der Waals surface area contributed by atoms with Gasteiger partial charge < -0.3 is 10.2 Å². The fourth-order valence-electron chi connectivity index (χ4n) is 2.95. The number of allylic oxidation sites excluding steroid dienone is 1. The number of nitrogens with zero attached hydrogens (tertiary/aromatic N) is 1. The maximum atomic E-state index is 12.0. The molecule has 1 N–H and O–H groups in total. The molecule has 4 heteroatoms. The molecule has 0 radical (unpaired) electrons. The summed E-state index contributed by atoms with van der Waals surface area (Å²) in [6, 6.07) is 0. The van der Waals surface area contributed by atoms with Crippen LogP contribution in [0.15, 0.2) is 11.6 Å². The molecule has 0 saturated carbocycles. The summed E-state index contributed by atoms with van der Waals surface area (Å²) < 4.78 is 0. The highest BCUT2D eigenvalue weighted by atomic mass is 16.2. The molecule has 2 amide bonds. The van der Waals surface area contributed by atoms with Crippen molar-refractivity contribution in [3.05, 3.63) is 11.6 Å². The van der Waals surface area contributed by atoms with Crippen molar-refractivity contribution in [2.24, 2.45) is 5.41 Å². The van der Waals surface area contributed by atoms with Crippen LogP contribution in [0.3, 0.4) is 0 Å². The van der Waals surface area contributed by atoms with Gasteiger partial charge in [-0.2, -0.15) is 0 Å². The van der Waals surface area contributed by atoms with Gasteiger partial charge in [0.2, 0.25) is 11.8 Å². The molecule has 2 fully saturated rings. The molecular weight excluding hydrogens is 228 g/mol. The van der Waals surface area contributed by atoms with Gasteiger partial charge in [0.05, 0.1) is 5.41 Å². The fourth-order valence-corrected chi connectivity index (χ4v) is 2.95. The van der Waals surface area contributed by atoms with Crippen molar-refractivity contribution >= 4 is 11.8 Å². The van der Waals surface area contributed by atoms with Crippen LogP contribution in [-0.4, -0.2) is 36.3 Å². The third-order valence-electron chi connectivity index (χ3n) is 4.04. The zero-order chi connectivity index (χ0) is 13.2. The molecule has 2 rings (SSSR count). The van der Waals surface area contributed by atoms with E-state index in [-0.39, 0.29) is 17.2 Å². The Morgan fingerprint density at radius 2 is 2.06 bits per heavy atom. The number of hydrogen-bond donors (Lipinski definition) is 1. The Bertz CT molecular complexity index is 385. The van der Waals surface area contributed by atoms with Gasteiger partial charge in [-0.05, 0) is 39.5 Å². The van der Waals surface area contributed by atoms with Crippen molar-refractivity contribution in [3.8, 4) is 0 Å². The summed E-state index contributed by atoms with van der Waals surface area (Å²) in [5, 5.41) is 2.93. The van der Waals surface area contributed by atoms with E-state index in [1.54, 1.807) is 6.08 Å². The van der Waals surface area contributed by atoms with Crippen LogP contribution in [0.5, 0.6) is 0 Å². The maximum Gasteiger partial charge on any atom is 0.246 e. The van der Waals surface area contributed by atoms with Gasteiger partial charge in [-0.1, -0.05) is 5.57 Å². The molecule has 0 aromatic carbocycles. The third-order valence-corrected chi connectivity index (χ3v) is 4.04. The van der Waals surface area contributed by atoms with Crippen molar-refractivity contribution in [3.63, 3.8) is 0 Å². The summed E-state index contributed by atoms with van der Waals surface area (Å²) in [5.74, 6) is 0.282. The summed E-state index contributed by atoms with van der Waals surface area (Å²) in [6.07, 6.45) is 5.26. The van der Waals surface area contributed by atoms with Gasteiger partial charge in [0.1, 0.15) is 0 Å². The van der Waals surface area contributed by atoms with Crippen molar-refractivity contribution in [1.82, 2.24) is 10.2 Å². The predicted molar refractivity (Wildman–Crippen MR) is 69.9 cm³/mol. The molecule has 2 aliphatic rings. The number of hydrogen-bond acceptors (Lipinski definition) is 2. The molecule has 2 aliphatic heterocycles. The highest BCUT2D eigenvalue weighted by Crippen LogP contribution is 2.37.